The molecule has 1 atom stereocenters. The predicted octanol–water partition coefficient (Wildman–Crippen LogP) is 2.83. The number of nitrogens with zero attached hydrogens (tertiary/aromatic N) is 1. The van der Waals surface area contributed by atoms with E-state index in [2.05, 4.69) is 6.92 Å². The van der Waals surface area contributed by atoms with Crippen molar-refractivity contribution >= 4 is 5.97 Å². The van der Waals surface area contributed by atoms with Gasteiger partial charge in [0.05, 0.1) is 20.6 Å². The van der Waals surface area contributed by atoms with Gasteiger partial charge in [0.2, 0.25) is 5.72 Å². The summed E-state index contributed by atoms with van der Waals surface area (Å²) < 4.78 is 0.0723. The molecule has 0 saturated carbocycles. The lowest BCUT2D eigenvalue weighted by molar-refractivity contribution is -0.958. The first-order valence-corrected chi connectivity index (χ1v) is 9.08. The van der Waals surface area contributed by atoms with E-state index in [1.54, 1.807) is 21.0 Å². The van der Waals surface area contributed by atoms with E-state index in [0.717, 1.165) is 12.8 Å². The molecule has 0 aliphatic rings. The molecule has 1 N–H and O–H groups in total. The number of quaternary nitrogens is 1. The van der Waals surface area contributed by atoms with Crippen LogP contribution in [-0.2, 0) is 4.79 Å². The van der Waals surface area contributed by atoms with Crippen LogP contribution < -0.4 is 5.11 Å². The molecule has 0 aromatic heterocycles. The monoisotopic (exact) mass is 315 g/mol. The summed E-state index contributed by atoms with van der Waals surface area (Å²) in [5.41, 5.74) is -1.78. The Hall–Kier alpha value is -0.610. The molecule has 0 unspecified atom stereocenters. The maximum Gasteiger partial charge on any atom is 0.241 e. The molecule has 0 aromatic rings. The van der Waals surface area contributed by atoms with Crippen LogP contribution in [0.2, 0.25) is 0 Å². The minimum atomic E-state index is -1.78. The van der Waals surface area contributed by atoms with Crippen molar-refractivity contribution in [2.75, 3.05) is 20.6 Å². The summed E-state index contributed by atoms with van der Waals surface area (Å²) >= 11 is 0. The van der Waals surface area contributed by atoms with Crippen LogP contribution >= 0.6 is 0 Å². The van der Waals surface area contributed by atoms with Crippen molar-refractivity contribution in [1.82, 2.24) is 0 Å². The third kappa shape index (κ3) is 7.10. The molecule has 0 amide bonds. The summed E-state index contributed by atoms with van der Waals surface area (Å²) in [6.45, 7) is 4.59. The molecule has 132 valence electrons. The molecule has 0 heterocycles. The number of likely N-dealkylation sites (N-methyl/N-ethyl adjacent to an activating group) is 1. The third-order valence-corrected chi connectivity index (χ3v) is 4.89. The van der Waals surface area contributed by atoms with Gasteiger partial charge in [-0.15, -0.1) is 0 Å². The van der Waals surface area contributed by atoms with Gasteiger partial charge in [0.1, 0.15) is 5.97 Å². The average molecular weight is 315 g/mol. The van der Waals surface area contributed by atoms with Crippen LogP contribution in [0.25, 0.3) is 0 Å². The van der Waals surface area contributed by atoms with Crippen LogP contribution in [0.1, 0.15) is 84.5 Å². The van der Waals surface area contributed by atoms with E-state index >= 15 is 0 Å². The maximum atomic E-state index is 11.2. The van der Waals surface area contributed by atoms with Gasteiger partial charge in [0.15, 0.2) is 0 Å². The van der Waals surface area contributed by atoms with Crippen LogP contribution in [0.3, 0.4) is 0 Å². The van der Waals surface area contributed by atoms with Crippen LogP contribution in [0.4, 0.5) is 0 Å². The lowest BCUT2D eigenvalue weighted by Gasteiger charge is -2.44. The number of rotatable bonds is 14. The second kappa shape index (κ2) is 11.0. The highest BCUT2D eigenvalue weighted by molar-refractivity contribution is 5.72. The third-order valence-electron chi connectivity index (χ3n) is 4.89. The average Bonchev–Trinajstić information content (AvgIpc) is 2.47. The summed E-state index contributed by atoms with van der Waals surface area (Å²) in [6.07, 6.45) is 12.7. The lowest BCUT2D eigenvalue weighted by Crippen LogP contribution is -2.67. The van der Waals surface area contributed by atoms with Crippen molar-refractivity contribution in [3.8, 4) is 0 Å². The van der Waals surface area contributed by atoms with Crippen LogP contribution in [-0.4, -0.2) is 41.9 Å². The van der Waals surface area contributed by atoms with Gasteiger partial charge in [0.25, 0.3) is 0 Å². The van der Waals surface area contributed by atoms with Crippen molar-refractivity contribution in [3.05, 3.63) is 0 Å². The molecule has 0 aliphatic carbocycles. The number of hydrogen-bond donors (Lipinski definition) is 1. The van der Waals surface area contributed by atoms with E-state index in [1.807, 2.05) is 0 Å². The molecule has 0 radical (unpaired) electrons. The molecule has 0 rings (SSSR count). The van der Waals surface area contributed by atoms with Gasteiger partial charge in [0, 0.05) is 6.42 Å². The SMILES string of the molecule is CCCCCCCCCCCC[N+](C)(C)[C@](O)(CC)C(=O)[O-]. The van der Waals surface area contributed by atoms with E-state index in [-0.39, 0.29) is 10.9 Å². The summed E-state index contributed by atoms with van der Waals surface area (Å²) in [7, 11) is 3.54. The van der Waals surface area contributed by atoms with Gasteiger partial charge < -0.3 is 15.0 Å². The lowest BCUT2D eigenvalue weighted by atomic mass is 10.0. The zero-order chi connectivity index (χ0) is 17.1. The Balaban J connectivity index is 3.80. The Morgan fingerprint density at radius 1 is 0.909 bits per heavy atom. The van der Waals surface area contributed by atoms with E-state index in [1.165, 1.54) is 51.4 Å². The first-order valence-electron chi connectivity index (χ1n) is 9.08. The van der Waals surface area contributed by atoms with Gasteiger partial charge in [-0.25, -0.2) is 0 Å². The molecule has 0 saturated heterocycles. The predicted molar refractivity (Wildman–Crippen MR) is 89.1 cm³/mol. The summed E-state index contributed by atoms with van der Waals surface area (Å²) in [6, 6.07) is 0. The Labute approximate surface area is 137 Å². The molecular weight excluding hydrogens is 278 g/mol. The first-order chi connectivity index (χ1) is 10.3. The van der Waals surface area contributed by atoms with Gasteiger partial charge in [-0.2, -0.15) is 0 Å². The van der Waals surface area contributed by atoms with Gasteiger partial charge >= 0.3 is 0 Å². The topological polar surface area (TPSA) is 60.4 Å². The van der Waals surface area contributed by atoms with Crippen molar-refractivity contribution in [3.63, 3.8) is 0 Å². The van der Waals surface area contributed by atoms with Crippen LogP contribution in [0, 0.1) is 0 Å². The number of carboxylic acids is 1. The molecule has 4 heteroatoms. The molecule has 4 nitrogen and oxygen atoms in total. The maximum absolute atomic E-state index is 11.2. The summed E-state index contributed by atoms with van der Waals surface area (Å²) in [5.74, 6) is -1.37. The highest BCUT2D eigenvalue weighted by Gasteiger charge is 2.43. The fourth-order valence-corrected chi connectivity index (χ4v) is 3.00. The first kappa shape index (κ1) is 21.4. The quantitative estimate of drug-likeness (QED) is 0.305. The molecular formula is C18H37NO3. The number of carbonyl (C=O) groups is 1. The molecule has 0 aliphatic heterocycles. The highest BCUT2D eigenvalue weighted by atomic mass is 16.4. The number of carbonyl (C=O) groups excluding carboxylic acids is 1. The standard InChI is InChI=1S/C18H37NO3/c1-5-7-8-9-10-11-12-13-14-15-16-19(3,4)18(22,6-2)17(20)21/h22H,5-16H2,1-4H3/t18-/m0/s1. The Kier molecular flexibility index (Phi) is 10.7. The highest BCUT2D eigenvalue weighted by Crippen LogP contribution is 2.22. The summed E-state index contributed by atoms with van der Waals surface area (Å²) in [4.78, 5) is 11.2. The second-order valence-corrected chi connectivity index (χ2v) is 7.05. The van der Waals surface area contributed by atoms with Crippen molar-refractivity contribution in [1.29, 1.82) is 0 Å². The normalized spacial score (nSPS) is 14.8. The zero-order valence-corrected chi connectivity index (χ0v) is 15.2. The van der Waals surface area contributed by atoms with Crippen LogP contribution in [0.5, 0.6) is 0 Å². The van der Waals surface area contributed by atoms with E-state index in [9.17, 15) is 15.0 Å². The number of aliphatic hydroxyl groups is 1. The molecule has 0 fully saturated rings. The Morgan fingerprint density at radius 3 is 1.68 bits per heavy atom. The Morgan fingerprint density at radius 2 is 1.32 bits per heavy atom. The van der Waals surface area contributed by atoms with Crippen molar-refractivity contribution < 1.29 is 19.5 Å². The van der Waals surface area contributed by atoms with E-state index in [4.69, 9.17) is 0 Å². The smallest absolute Gasteiger partial charge is 0.241 e. The fraction of sp³-hybridized carbons (Fsp3) is 0.944. The largest absolute Gasteiger partial charge is 0.542 e. The molecule has 22 heavy (non-hydrogen) atoms. The van der Waals surface area contributed by atoms with E-state index in [0.29, 0.717) is 6.54 Å². The van der Waals surface area contributed by atoms with Gasteiger partial charge in [-0.3, -0.25) is 4.48 Å². The molecule has 0 spiro atoms. The number of aliphatic carboxylic acids is 1. The van der Waals surface area contributed by atoms with Crippen molar-refractivity contribution in [2.45, 2.75) is 90.2 Å². The fourth-order valence-electron chi connectivity index (χ4n) is 3.00. The number of carboxylic acid groups (broad SMARTS) is 1. The molecule has 0 bridgehead atoms. The minimum absolute atomic E-state index is 0.0723. The van der Waals surface area contributed by atoms with Crippen molar-refractivity contribution in [2.24, 2.45) is 0 Å². The number of hydrogen-bond acceptors (Lipinski definition) is 3. The second-order valence-electron chi connectivity index (χ2n) is 7.05. The minimum Gasteiger partial charge on any atom is -0.542 e. The molecule has 0 aromatic carbocycles. The van der Waals surface area contributed by atoms with Crippen LogP contribution in [0.15, 0.2) is 0 Å². The zero-order valence-electron chi connectivity index (χ0n) is 15.2. The Bertz CT molecular complexity index is 305. The van der Waals surface area contributed by atoms with Gasteiger partial charge in [-0.05, 0) is 12.8 Å². The summed E-state index contributed by atoms with van der Waals surface area (Å²) in [5, 5.41) is 21.5. The van der Waals surface area contributed by atoms with Gasteiger partial charge in [-0.1, -0.05) is 65.2 Å². The van der Waals surface area contributed by atoms with E-state index < -0.39 is 11.7 Å². The number of unbranched alkanes of at least 4 members (excludes halogenated alkanes) is 9.